The van der Waals surface area contributed by atoms with Crippen LogP contribution in [0, 0.1) is 6.92 Å². The number of nitrogens with zero attached hydrogens (tertiary/aromatic N) is 4. The van der Waals surface area contributed by atoms with Crippen molar-refractivity contribution in [3.63, 3.8) is 0 Å². The lowest BCUT2D eigenvalue weighted by molar-refractivity contribution is 0.527. The molecule has 0 saturated heterocycles. The zero-order chi connectivity index (χ0) is 13.9. The average Bonchev–Trinajstić information content (AvgIpc) is 2.82. The van der Waals surface area contributed by atoms with Crippen LogP contribution >= 0.6 is 31.9 Å². The molecule has 0 atom stereocenters. The molecule has 19 heavy (non-hydrogen) atoms. The minimum absolute atomic E-state index is 0.0611. The van der Waals surface area contributed by atoms with Crippen molar-refractivity contribution in [2.45, 2.75) is 18.8 Å². The summed E-state index contributed by atoms with van der Waals surface area (Å²) in [6, 6.07) is 8.45. The Balaban J connectivity index is 2.40. The second-order valence-corrected chi connectivity index (χ2v) is 5.86. The zero-order valence-corrected chi connectivity index (χ0v) is 14.1. The molecule has 0 unspecified atom stereocenters. The molecule has 0 aliphatic heterocycles. The van der Waals surface area contributed by atoms with E-state index in [0.29, 0.717) is 0 Å². The molecule has 0 spiro atoms. The molecule has 1 aromatic carbocycles. The van der Waals surface area contributed by atoms with E-state index in [2.05, 4.69) is 78.5 Å². The summed E-state index contributed by atoms with van der Waals surface area (Å²) in [4.78, 5) is 1.50. The van der Waals surface area contributed by atoms with Gasteiger partial charge in [-0.05, 0) is 23.3 Å². The van der Waals surface area contributed by atoms with Gasteiger partial charge in [0.05, 0.1) is 7.05 Å². The summed E-state index contributed by atoms with van der Waals surface area (Å²) in [5, 5.41) is 14.0. The lowest BCUT2D eigenvalue weighted by atomic mass is 9.79. The van der Waals surface area contributed by atoms with Crippen LogP contribution in [0.15, 0.2) is 24.3 Å². The van der Waals surface area contributed by atoms with Gasteiger partial charge in [0.1, 0.15) is 0 Å². The van der Waals surface area contributed by atoms with Crippen LogP contribution in [0.3, 0.4) is 0 Å². The number of tetrazole rings is 1. The van der Waals surface area contributed by atoms with E-state index in [1.807, 2.05) is 0 Å². The molecule has 2 aromatic rings. The molecular formula is C13H16Br2N4. The fourth-order valence-electron chi connectivity index (χ4n) is 2.23. The van der Waals surface area contributed by atoms with Gasteiger partial charge < -0.3 is 0 Å². The third-order valence-electron chi connectivity index (χ3n) is 3.27. The maximum absolute atomic E-state index is 4.30. The number of aryl methyl sites for hydroxylation is 2. The molecule has 0 N–H and O–H groups in total. The Kier molecular flexibility index (Phi) is 4.73. The number of benzene rings is 1. The normalized spacial score (nSPS) is 11.8. The number of rotatable bonds is 5. The Labute approximate surface area is 129 Å². The Morgan fingerprint density at radius 1 is 1.21 bits per heavy atom. The highest BCUT2D eigenvalue weighted by Crippen LogP contribution is 2.33. The van der Waals surface area contributed by atoms with Crippen LogP contribution in [0.1, 0.15) is 17.0 Å². The first-order valence-electron chi connectivity index (χ1n) is 6.02. The van der Waals surface area contributed by atoms with Crippen molar-refractivity contribution in [2.24, 2.45) is 7.05 Å². The lowest BCUT2D eigenvalue weighted by Crippen LogP contribution is -2.34. The highest BCUT2D eigenvalue weighted by atomic mass is 79.9. The molecule has 2 rings (SSSR count). The summed E-state index contributed by atoms with van der Waals surface area (Å²) in [7, 11) is 1.79. The molecule has 0 radical (unpaired) electrons. The molecule has 6 heteroatoms. The van der Waals surface area contributed by atoms with E-state index >= 15 is 0 Å². The molecule has 1 aromatic heterocycles. The molecule has 4 nitrogen and oxygen atoms in total. The van der Waals surface area contributed by atoms with Crippen molar-refractivity contribution in [1.29, 1.82) is 0 Å². The van der Waals surface area contributed by atoms with E-state index in [4.69, 9.17) is 0 Å². The Morgan fingerprint density at radius 3 is 2.42 bits per heavy atom. The molecule has 0 aliphatic carbocycles. The summed E-state index contributed by atoms with van der Waals surface area (Å²) < 4.78 is 0. The highest BCUT2D eigenvalue weighted by Gasteiger charge is 2.33. The summed E-state index contributed by atoms with van der Waals surface area (Å²) in [5.74, 6) is 0.768. The zero-order valence-electron chi connectivity index (χ0n) is 11.0. The fraction of sp³-hybridized carbons (Fsp3) is 0.462. The van der Waals surface area contributed by atoms with E-state index in [1.165, 1.54) is 15.9 Å². The van der Waals surface area contributed by atoms with E-state index in [9.17, 15) is 0 Å². The maximum Gasteiger partial charge on any atom is 0.175 e. The van der Waals surface area contributed by atoms with Crippen LogP contribution in [0.2, 0.25) is 0 Å². The van der Waals surface area contributed by atoms with Gasteiger partial charge in [-0.2, -0.15) is 4.80 Å². The van der Waals surface area contributed by atoms with Crippen molar-refractivity contribution >= 4 is 31.9 Å². The largest absolute Gasteiger partial charge is 0.175 e. The van der Waals surface area contributed by atoms with Crippen molar-refractivity contribution in [2.75, 3.05) is 10.7 Å². The van der Waals surface area contributed by atoms with Crippen LogP contribution in [0.25, 0.3) is 0 Å². The van der Waals surface area contributed by atoms with Crippen LogP contribution < -0.4 is 0 Å². The Hall–Kier alpha value is -0.750. The van der Waals surface area contributed by atoms with Gasteiger partial charge in [-0.3, -0.25) is 0 Å². The van der Waals surface area contributed by atoms with E-state index in [0.717, 1.165) is 22.9 Å². The molecular weight excluding hydrogens is 372 g/mol. The van der Waals surface area contributed by atoms with E-state index < -0.39 is 0 Å². The van der Waals surface area contributed by atoms with Gasteiger partial charge in [0.2, 0.25) is 0 Å². The summed E-state index contributed by atoms with van der Waals surface area (Å²) in [6.07, 6.45) is 0.752. The second-order valence-electron chi connectivity index (χ2n) is 4.73. The van der Waals surface area contributed by atoms with Gasteiger partial charge in [0.15, 0.2) is 5.82 Å². The molecule has 102 valence electrons. The number of aromatic nitrogens is 4. The number of alkyl halides is 2. The standard InChI is InChI=1S/C13H16Br2N4/c1-10-5-3-4-6-11(10)13(8-14,9-15)7-12-16-18-19(2)17-12/h3-6H,7-9H2,1-2H3. The highest BCUT2D eigenvalue weighted by molar-refractivity contribution is 9.09. The van der Waals surface area contributed by atoms with Crippen molar-refractivity contribution in [3.05, 3.63) is 41.2 Å². The number of hydrogen-bond donors (Lipinski definition) is 0. The maximum atomic E-state index is 4.30. The van der Waals surface area contributed by atoms with Crippen LogP contribution in [0.4, 0.5) is 0 Å². The van der Waals surface area contributed by atoms with Crippen LogP contribution in [-0.4, -0.2) is 30.9 Å². The molecule has 0 bridgehead atoms. The minimum Gasteiger partial charge on any atom is -0.167 e. The van der Waals surface area contributed by atoms with Gasteiger partial charge >= 0.3 is 0 Å². The van der Waals surface area contributed by atoms with Crippen molar-refractivity contribution in [3.8, 4) is 0 Å². The summed E-state index contributed by atoms with van der Waals surface area (Å²) in [6.45, 7) is 2.14. The molecule has 0 fully saturated rings. The predicted molar refractivity (Wildman–Crippen MR) is 82.9 cm³/mol. The minimum atomic E-state index is -0.0611. The first-order valence-corrected chi connectivity index (χ1v) is 8.26. The van der Waals surface area contributed by atoms with Crippen molar-refractivity contribution in [1.82, 2.24) is 20.2 Å². The van der Waals surface area contributed by atoms with Gasteiger partial charge in [-0.25, -0.2) is 0 Å². The SMILES string of the molecule is Cc1ccccc1C(CBr)(CBr)Cc1nnn(C)n1. The molecule has 0 saturated carbocycles. The van der Waals surface area contributed by atoms with E-state index in [-0.39, 0.29) is 5.41 Å². The third-order valence-corrected chi connectivity index (χ3v) is 5.42. The average molecular weight is 388 g/mol. The third kappa shape index (κ3) is 3.05. The van der Waals surface area contributed by atoms with Gasteiger partial charge in [-0.1, -0.05) is 56.1 Å². The lowest BCUT2D eigenvalue weighted by Gasteiger charge is -2.31. The first kappa shape index (κ1) is 14.7. The van der Waals surface area contributed by atoms with Crippen molar-refractivity contribution < 1.29 is 0 Å². The smallest absolute Gasteiger partial charge is 0.167 e. The topological polar surface area (TPSA) is 43.6 Å². The Morgan fingerprint density at radius 2 is 1.89 bits per heavy atom. The number of hydrogen-bond acceptors (Lipinski definition) is 3. The predicted octanol–water partition coefficient (Wildman–Crippen LogP) is 2.79. The molecule has 0 aliphatic rings. The van der Waals surface area contributed by atoms with Gasteiger partial charge in [-0.15, -0.1) is 10.2 Å². The number of halogens is 2. The summed E-state index contributed by atoms with van der Waals surface area (Å²) in [5.41, 5.74) is 2.54. The first-order chi connectivity index (χ1) is 9.11. The second kappa shape index (κ2) is 6.13. The van der Waals surface area contributed by atoms with Gasteiger partial charge in [0.25, 0.3) is 0 Å². The fourth-order valence-corrected chi connectivity index (χ4v) is 4.16. The van der Waals surface area contributed by atoms with E-state index in [1.54, 1.807) is 7.05 Å². The summed E-state index contributed by atoms with van der Waals surface area (Å²) >= 11 is 7.31. The quantitative estimate of drug-likeness (QED) is 0.741. The monoisotopic (exact) mass is 386 g/mol. The van der Waals surface area contributed by atoms with Crippen LogP contribution in [-0.2, 0) is 18.9 Å². The molecule has 0 amide bonds. The molecule has 1 heterocycles. The van der Waals surface area contributed by atoms with Crippen LogP contribution in [0.5, 0.6) is 0 Å². The Bertz CT molecular complexity index is 549. The van der Waals surface area contributed by atoms with Gasteiger partial charge in [0, 0.05) is 22.5 Å².